The van der Waals surface area contributed by atoms with E-state index in [0.717, 1.165) is 0 Å². The minimum atomic E-state index is -1.05. The van der Waals surface area contributed by atoms with Crippen LogP contribution in [-0.2, 0) is 17.8 Å². The number of hydrogen-bond acceptors (Lipinski definition) is 4. The molecule has 1 aromatic heterocycles. The number of aliphatic carboxylic acids is 1. The Bertz CT molecular complexity index is 328. The van der Waals surface area contributed by atoms with Crippen molar-refractivity contribution in [3.05, 3.63) is 29.6 Å². The molecule has 1 unspecified atom stereocenters. The number of carbonyl (C=O) groups is 1. The number of rotatable bonds is 4. The fourth-order valence-electron chi connectivity index (χ4n) is 1.05. The summed E-state index contributed by atoms with van der Waals surface area (Å²) in [6.45, 7) is -0.0855. The highest BCUT2D eigenvalue weighted by atomic mass is 16.4. The molecule has 14 heavy (non-hydrogen) atoms. The van der Waals surface area contributed by atoms with Crippen molar-refractivity contribution in [2.45, 2.75) is 19.1 Å². The van der Waals surface area contributed by atoms with Crippen molar-refractivity contribution >= 4 is 5.97 Å². The number of hydrogen-bond donors (Lipinski definition) is 3. The van der Waals surface area contributed by atoms with E-state index in [2.05, 4.69) is 4.98 Å². The van der Waals surface area contributed by atoms with Gasteiger partial charge in [0, 0.05) is 18.3 Å². The fourth-order valence-corrected chi connectivity index (χ4v) is 1.05. The first-order chi connectivity index (χ1) is 6.63. The van der Waals surface area contributed by atoms with E-state index in [9.17, 15) is 4.79 Å². The van der Waals surface area contributed by atoms with Gasteiger partial charge in [-0.3, -0.25) is 9.78 Å². The minimum absolute atomic E-state index is 0.0855. The van der Waals surface area contributed by atoms with E-state index in [1.807, 2.05) is 0 Å². The van der Waals surface area contributed by atoms with Gasteiger partial charge in [0.25, 0.3) is 0 Å². The molecule has 0 amide bonds. The predicted octanol–water partition coefficient (Wildman–Crippen LogP) is -0.472. The monoisotopic (exact) mass is 196 g/mol. The summed E-state index contributed by atoms with van der Waals surface area (Å²) < 4.78 is 0. The molecule has 0 radical (unpaired) electrons. The first-order valence-electron chi connectivity index (χ1n) is 4.16. The zero-order valence-electron chi connectivity index (χ0n) is 7.55. The van der Waals surface area contributed by atoms with Gasteiger partial charge in [0.1, 0.15) is 6.04 Å². The van der Waals surface area contributed by atoms with Crippen molar-refractivity contribution in [2.75, 3.05) is 0 Å². The van der Waals surface area contributed by atoms with Crippen molar-refractivity contribution < 1.29 is 15.0 Å². The average Bonchev–Trinajstić information content (AvgIpc) is 2.18. The van der Waals surface area contributed by atoms with Gasteiger partial charge in [-0.05, 0) is 17.7 Å². The summed E-state index contributed by atoms with van der Waals surface area (Å²) in [4.78, 5) is 14.4. The Labute approximate surface area is 81.2 Å². The fraction of sp³-hybridized carbons (Fsp3) is 0.333. The number of nitrogens with zero attached hydrogens (tertiary/aromatic N) is 1. The summed E-state index contributed by atoms with van der Waals surface area (Å²) >= 11 is 0. The van der Waals surface area contributed by atoms with E-state index >= 15 is 0 Å². The molecular weight excluding hydrogens is 184 g/mol. The Morgan fingerprint density at radius 3 is 2.93 bits per heavy atom. The van der Waals surface area contributed by atoms with Crippen LogP contribution in [0.3, 0.4) is 0 Å². The van der Waals surface area contributed by atoms with Crippen LogP contribution in [0.15, 0.2) is 18.3 Å². The van der Waals surface area contributed by atoms with E-state index in [0.29, 0.717) is 11.3 Å². The largest absolute Gasteiger partial charge is 0.480 e. The summed E-state index contributed by atoms with van der Waals surface area (Å²) in [5, 5.41) is 17.4. The van der Waals surface area contributed by atoms with Gasteiger partial charge in [0.15, 0.2) is 0 Å². The lowest BCUT2D eigenvalue weighted by Crippen LogP contribution is -2.32. The summed E-state index contributed by atoms with van der Waals surface area (Å²) in [6.07, 6.45) is 1.69. The molecule has 5 heteroatoms. The normalized spacial score (nSPS) is 12.4. The second-order valence-electron chi connectivity index (χ2n) is 2.96. The molecular formula is C9H12N2O3. The maximum atomic E-state index is 10.5. The van der Waals surface area contributed by atoms with E-state index in [-0.39, 0.29) is 13.0 Å². The predicted molar refractivity (Wildman–Crippen MR) is 49.5 cm³/mol. The van der Waals surface area contributed by atoms with Gasteiger partial charge in [-0.15, -0.1) is 0 Å². The van der Waals surface area contributed by atoms with Gasteiger partial charge in [-0.1, -0.05) is 0 Å². The van der Waals surface area contributed by atoms with Crippen molar-refractivity contribution in [2.24, 2.45) is 5.73 Å². The third-order valence-electron chi connectivity index (χ3n) is 1.81. The highest BCUT2D eigenvalue weighted by molar-refractivity contribution is 5.73. The number of aliphatic hydroxyl groups is 1. The van der Waals surface area contributed by atoms with E-state index in [4.69, 9.17) is 15.9 Å². The average molecular weight is 196 g/mol. The van der Waals surface area contributed by atoms with Crippen molar-refractivity contribution in [1.29, 1.82) is 0 Å². The van der Waals surface area contributed by atoms with Gasteiger partial charge in [-0.2, -0.15) is 0 Å². The van der Waals surface area contributed by atoms with Crippen LogP contribution in [0.4, 0.5) is 0 Å². The Morgan fingerprint density at radius 1 is 1.64 bits per heavy atom. The second kappa shape index (κ2) is 4.69. The number of aromatic nitrogens is 1. The maximum absolute atomic E-state index is 10.5. The maximum Gasteiger partial charge on any atom is 0.320 e. The molecule has 0 aliphatic carbocycles. The summed E-state index contributed by atoms with van der Waals surface area (Å²) in [6, 6.07) is 2.36. The van der Waals surface area contributed by atoms with Crippen LogP contribution in [0.2, 0.25) is 0 Å². The van der Waals surface area contributed by atoms with E-state index < -0.39 is 12.0 Å². The van der Waals surface area contributed by atoms with Gasteiger partial charge < -0.3 is 15.9 Å². The van der Waals surface area contributed by atoms with Crippen molar-refractivity contribution in [1.82, 2.24) is 4.98 Å². The number of pyridine rings is 1. The minimum Gasteiger partial charge on any atom is -0.480 e. The number of aliphatic hydroxyl groups excluding tert-OH is 1. The second-order valence-corrected chi connectivity index (χ2v) is 2.96. The lowest BCUT2D eigenvalue weighted by Gasteiger charge is -2.06. The van der Waals surface area contributed by atoms with Crippen molar-refractivity contribution in [3.8, 4) is 0 Å². The standard InChI is InChI=1S/C9H12N2O3/c10-8(9(13)14)4-7-3-6(5-12)1-2-11-7/h1-3,8,12H,4-5,10H2,(H,13,14). The van der Waals surface area contributed by atoms with Gasteiger partial charge in [0.05, 0.1) is 6.61 Å². The molecule has 4 N–H and O–H groups in total. The van der Waals surface area contributed by atoms with Gasteiger partial charge in [-0.25, -0.2) is 0 Å². The first-order valence-corrected chi connectivity index (χ1v) is 4.16. The molecule has 1 rings (SSSR count). The highest BCUT2D eigenvalue weighted by Gasteiger charge is 2.12. The van der Waals surface area contributed by atoms with Crippen LogP contribution in [0.5, 0.6) is 0 Å². The van der Waals surface area contributed by atoms with Crippen LogP contribution >= 0.6 is 0 Å². The van der Waals surface area contributed by atoms with E-state index in [1.54, 1.807) is 12.1 Å². The lowest BCUT2D eigenvalue weighted by molar-refractivity contribution is -0.138. The zero-order valence-corrected chi connectivity index (χ0v) is 7.55. The molecule has 0 aromatic carbocycles. The van der Waals surface area contributed by atoms with E-state index in [1.165, 1.54) is 6.20 Å². The van der Waals surface area contributed by atoms with Crippen LogP contribution in [-0.4, -0.2) is 27.2 Å². The molecule has 5 nitrogen and oxygen atoms in total. The molecule has 1 atom stereocenters. The Kier molecular flexibility index (Phi) is 3.55. The quantitative estimate of drug-likeness (QED) is 0.604. The molecule has 0 spiro atoms. The number of carboxylic acid groups (broad SMARTS) is 1. The molecule has 1 aromatic rings. The highest BCUT2D eigenvalue weighted by Crippen LogP contribution is 2.03. The smallest absolute Gasteiger partial charge is 0.320 e. The topological polar surface area (TPSA) is 96.4 Å². The third kappa shape index (κ3) is 2.79. The van der Waals surface area contributed by atoms with Gasteiger partial charge >= 0.3 is 5.97 Å². The summed E-state index contributed by atoms with van der Waals surface area (Å²) in [7, 11) is 0. The SMILES string of the molecule is NC(Cc1cc(CO)ccn1)C(=O)O. The van der Waals surface area contributed by atoms with Crippen LogP contribution in [0, 0.1) is 0 Å². The van der Waals surface area contributed by atoms with Crippen molar-refractivity contribution in [3.63, 3.8) is 0 Å². The summed E-state index contributed by atoms with van der Waals surface area (Å²) in [5.41, 5.74) is 6.61. The van der Waals surface area contributed by atoms with Crippen LogP contribution < -0.4 is 5.73 Å². The molecule has 0 aliphatic heterocycles. The van der Waals surface area contributed by atoms with Crippen LogP contribution in [0.1, 0.15) is 11.3 Å². The Balaban J connectivity index is 2.71. The molecule has 0 saturated carbocycles. The third-order valence-corrected chi connectivity index (χ3v) is 1.81. The first kappa shape index (κ1) is 10.6. The Hall–Kier alpha value is -1.46. The molecule has 0 aliphatic rings. The lowest BCUT2D eigenvalue weighted by atomic mass is 10.1. The number of nitrogens with two attached hydrogens (primary N) is 1. The number of carboxylic acids is 1. The Morgan fingerprint density at radius 2 is 2.36 bits per heavy atom. The van der Waals surface area contributed by atoms with Gasteiger partial charge in [0.2, 0.25) is 0 Å². The molecule has 0 fully saturated rings. The molecule has 76 valence electrons. The zero-order chi connectivity index (χ0) is 10.6. The molecule has 1 heterocycles. The molecule has 0 saturated heterocycles. The summed E-state index contributed by atoms with van der Waals surface area (Å²) in [5.74, 6) is -1.05. The van der Waals surface area contributed by atoms with Crippen LogP contribution in [0.25, 0.3) is 0 Å². The molecule has 0 bridgehead atoms.